The SMILES string of the molecule is O=C(NC(Cl)C(Cl)(Cl)Cl)C1CCCCC1. The van der Waals surface area contributed by atoms with Crippen molar-refractivity contribution in [2.24, 2.45) is 5.92 Å². The van der Waals surface area contributed by atoms with Gasteiger partial charge >= 0.3 is 0 Å². The number of hydrogen-bond donors (Lipinski definition) is 1. The van der Waals surface area contributed by atoms with E-state index in [0.717, 1.165) is 25.7 Å². The third kappa shape index (κ3) is 4.56. The van der Waals surface area contributed by atoms with E-state index in [1.54, 1.807) is 0 Å². The maximum Gasteiger partial charge on any atom is 0.224 e. The summed E-state index contributed by atoms with van der Waals surface area (Å²) in [6, 6.07) is 0. The highest BCUT2D eigenvalue weighted by Crippen LogP contribution is 2.33. The number of halogens is 4. The standard InChI is InChI=1S/C9H13Cl4NO/c10-8(9(11,12)13)14-7(15)6-4-2-1-3-5-6/h6,8H,1-5H2,(H,14,15). The summed E-state index contributed by atoms with van der Waals surface area (Å²) in [6.07, 6.45) is 5.15. The van der Waals surface area contributed by atoms with Crippen LogP contribution in [0.5, 0.6) is 0 Å². The lowest BCUT2D eigenvalue weighted by molar-refractivity contribution is -0.126. The van der Waals surface area contributed by atoms with Gasteiger partial charge in [-0.05, 0) is 12.8 Å². The van der Waals surface area contributed by atoms with Crippen molar-refractivity contribution in [3.05, 3.63) is 0 Å². The van der Waals surface area contributed by atoms with Crippen molar-refractivity contribution in [3.8, 4) is 0 Å². The molecule has 0 radical (unpaired) electrons. The lowest BCUT2D eigenvalue weighted by Gasteiger charge is -2.25. The zero-order valence-corrected chi connectivity index (χ0v) is 11.1. The Kier molecular flexibility index (Phi) is 5.30. The first-order chi connectivity index (χ1) is 6.91. The van der Waals surface area contributed by atoms with Crippen LogP contribution in [0.15, 0.2) is 0 Å². The third-order valence-electron chi connectivity index (χ3n) is 2.53. The molecule has 6 heteroatoms. The van der Waals surface area contributed by atoms with Crippen LogP contribution in [0.3, 0.4) is 0 Å². The van der Waals surface area contributed by atoms with Crippen LogP contribution >= 0.6 is 46.4 Å². The van der Waals surface area contributed by atoms with Crippen LogP contribution in [-0.2, 0) is 4.79 Å². The summed E-state index contributed by atoms with van der Waals surface area (Å²) < 4.78 is -1.66. The monoisotopic (exact) mass is 291 g/mol. The second-order valence-corrected chi connectivity index (χ2v) is 6.55. The molecule has 0 aromatic rings. The van der Waals surface area contributed by atoms with Crippen LogP contribution in [0, 0.1) is 5.92 Å². The van der Waals surface area contributed by atoms with E-state index >= 15 is 0 Å². The molecule has 1 unspecified atom stereocenters. The van der Waals surface area contributed by atoms with Gasteiger partial charge in [0.25, 0.3) is 0 Å². The zero-order chi connectivity index (χ0) is 11.5. The normalized spacial score (nSPS) is 21.1. The fraction of sp³-hybridized carbons (Fsp3) is 0.889. The zero-order valence-electron chi connectivity index (χ0n) is 8.11. The molecule has 1 aliphatic rings. The topological polar surface area (TPSA) is 29.1 Å². The number of amides is 1. The van der Waals surface area contributed by atoms with E-state index in [-0.39, 0.29) is 11.8 Å². The molecular weight excluding hydrogens is 280 g/mol. The van der Waals surface area contributed by atoms with Crippen molar-refractivity contribution < 1.29 is 4.79 Å². The molecule has 1 fully saturated rings. The van der Waals surface area contributed by atoms with E-state index in [1.807, 2.05) is 0 Å². The van der Waals surface area contributed by atoms with Gasteiger partial charge < -0.3 is 5.32 Å². The third-order valence-corrected chi connectivity index (χ3v) is 3.96. The van der Waals surface area contributed by atoms with Crippen LogP contribution in [0.25, 0.3) is 0 Å². The summed E-state index contributed by atoms with van der Waals surface area (Å²) in [5.74, 6) is -0.0895. The van der Waals surface area contributed by atoms with E-state index in [0.29, 0.717) is 0 Å². The van der Waals surface area contributed by atoms with E-state index in [4.69, 9.17) is 46.4 Å². The summed E-state index contributed by atoms with van der Waals surface area (Å²) in [6.45, 7) is 0. The van der Waals surface area contributed by atoms with Gasteiger partial charge in [0.2, 0.25) is 9.70 Å². The minimum Gasteiger partial charge on any atom is -0.336 e. The second kappa shape index (κ2) is 5.81. The molecular formula is C9H13Cl4NO. The Morgan fingerprint density at radius 1 is 1.20 bits per heavy atom. The molecule has 1 atom stereocenters. The summed E-state index contributed by atoms with van der Waals surface area (Å²) in [4.78, 5) is 11.7. The van der Waals surface area contributed by atoms with Gasteiger partial charge in [-0.15, -0.1) is 0 Å². The van der Waals surface area contributed by atoms with Gasteiger partial charge in [0.05, 0.1) is 0 Å². The fourth-order valence-corrected chi connectivity index (χ4v) is 1.96. The van der Waals surface area contributed by atoms with E-state index in [9.17, 15) is 4.79 Å². The summed E-state index contributed by atoms with van der Waals surface area (Å²) in [5.41, 5.74) is -0.975. The maximum absolute atomic E-state index is 11.7. The molecule has 1 aliphatic carbocycles. The minimum absolute atomic E-state index is 0.0207. The largest absolute Gasteiger partial charge is 0.336 e. The van der Waals surface area contributed by atoms with Gasteiger partial charge in [-0.1, -0.05) is 65.7 Å². The Morgan fingerprint density at radius 3 is 2.20 bits per heavy atom. The van der Waals surface area contributed by atoms with Gasteiger partial charge in [0, 0.05) is 5.92 Å². The lowest BCUT2D eigenvalue weighted by atomic mass is 9.89. The number of alkyl halides is 4. The summed E-state index contributed by atoms with van der Waals surface area (Å²) in [7, 11) is 0. The highest BCUT2D eigenvalue weighted by molar-refractivity contribution is 6.70. The van der Waals surface area contributed by atoms with Crippen molar-refractivity contribution in [2.75, 3.05) is 0 Å². The molecule has 15 heavy (non-hydrogen) atoms. The molecule has 1 rings (SSSR count). The van der Waals surface area contributed by atoms with Crippen LogP contribution in [-0.4, -0.2) is 15.2 Å². The number of carbonyl (C=O) groups is 1. The predicted molar refractivity (Wildman–Crippen MR) is 64.6 cm³/mol. The number of hydrogen-bond acceptors (Lipinski definition) is 1. The van der Waals surface area contributed by atoms with Crippen molar-refractivity contribution in [1.82, 2.24) is 5.32 Å². The molecule has 88 valence electrons. The van der Waals surface area contributed by atoms with Crippen molar-refractivity contribution in [2.45, 2.75) is 41.4 Å². The molecule has 2 nitrogen and oxygen atoms in total. The maximum atomic E-state index is 11.7. The fourth-order valence-electron chi connectivity index (χ4n) is 1.69. The van der Waals surface area contributed by atoms with Gasteiger partial charge in [-0.2, -0.15) is 0 Å². The molecule has 0 aromatic heterocycles. The molecule has 0 spiro atoms. The number of rotatable bonds is 2. The Morgan fingerprint density at radius 2 is 1.73 bits per heavy atom. The molecule has 1 saturated carbocycles. The van der Waals surface area contributed by atoms with Gasteiger partial charge in [-0.25, -0.2) is 0 Å². The first-order valence-electron chi connectivity index (χ1n) is 4.92. The Bertz CT molecular complexity index is 223. The van der Waals surface area contributed by atoms with Gasteiger partial charge in [0.1, 0.15) is 0 Å². The smallest absolute Gasteiger partial charge is 0.224 e. The average molecular weight is 293 g/mol. The molecule has 1 N–H and O–H groups in total. The Balaban J connectivity index is 2.40. The first kappa shape index (κ1) is 13.7. The van der Waals surface area contributed by atoms with E-state index in [1.165, 1.54) is 6.42 Å². The van der Waals surface area contributed by atoms with Crippen molar-refractivity contribution >= 4 is 52.3 Å². The van der Waals surface area contributed by atoms with Crippen LogP contribution in [0.1, 0.15) is 32.1 Å². The van der Waals surface area contributed by atoms with E-state index < -0.39 is 9.29 Å². The highest BCUT2D eigenvalue weighted by Gasteiger charge is 2.33. The van der Waals surface area contributed by atoms with E-state index in [2.05, 4.69) is 5.32 Å². The first-order valence-corrected chi connectivity index (χ1v) is 6.49. The Hall–Kier alpha value is 0.630. The van der Waals surface area contributed by atoms with Crippen LogP contribution in [0.4, 0.5) is 0 Å². The highest BCUT2D eigenvalue weighted by atomic mass is 35.6. The summed E-state index contributed by atoms with van der Waals surface area (Å²) in [5, 5.41) is 2.52. The average Bonchev–Trinajstić information content (AvgIpc) is 2.17. The summed E-state index contributed by atoms with van der Waals surface area (Å²) >= 11 is 22.4. The lowest BCUT2D eigenvalue weighted by Crippen LogP contribution is -2.43. The Labute approximate surface area is 110 Å². The second-order valence-electron chi connectivity index (χ2n) is 3.75. The van der Waals surface area contributed by atoms with Crippen molar-refractivity contribution in [3.63, 3.8) is 0 Å². The number of carbonyl (C=O) groups excluding carboxylic acids is 1. The van der Waals surface area contributed by atoms with Gasteiger partial charge in [0.15, 0.2) is 5.50 Å². The molecule has 0 aliphatic heterocycles. The van der Waals surface area contributed by atoms with Crippen molar-refractivity contribution in [1.29, 1.82) is 0 Å². The molecule has 0 saturated heterocycles. The molecule has 0 bridgehead atoms. The van der Waals surface area contributed by atoms with Gasteiger partial charge in [-0.3, -0.25) is 4.79 Å². The quantitative estimate of drug-likeness (QED) is 0.611. The molecule has 0 aromatic carbocycles. The van der Waals surface area contributed by atoms with Crippen LogP contribution < -0.4 is 5.32 Å². The number of nitrogens with one attached hydrogen (secondary N) is 1. The molecule has 0 heterocycles. The minimum atomic E-state index is -1.66. The van der Waals surface area contributed by atoms with Crippen LogP contribution in [0.2, 0.25) is 0 Å². The predicted octanol–water partition coefficient (Wildman–Crippen LogP) is 3.62. The molecule has 1 amide bonds.